The van der Waals surface area contributed by atoms with E-state index >= 15 is 0 Å². The number of amides is 1. The lowest BCUT2D eigenvalue weighted by atomic mass is 10.1. The molecule has 34 heavy (non-hydrogen) atoms. The Bertz CT molecular complexity index is 1210. The van der Waals surface area contributed by atoms with Crippen molar-refractivity contribution in [3.63, 3.8) is 0 Å². The van der Waals surface area contributed by atoms with Gasteiger partial charge in [-0.05, 0) is 75.9 Å². The lowest BCUT2D eigenvalue weighted by molar-refractivity contribution is 0.0953. The summed E-state index contributed by atoms with van der Waals surface area (Å²) in [5.74, 6) is -0.311. The van der Waals surface area contributed by atoms with Gasteiger partial charge in [0, 0.05) is 11.6 Å². The Morgan fingerprint density at radius 2 is 1.59 bits per heavy atom. The van der Waals surface area contributed by atoms with Gasteiger partial charge in [0.05, 0.1) is 22.7 Å². The molecular formula is C26H30ClN3O3S. The van der Waals surface area contributed by atoms with E-state index in [-0.39, 0.29) is 17.3 Å². The Kier molecular flexibility index (Phi) is 8.72. The van der Waals surface area contributed by atoms with E-state index in [1.807, 2.05) is 25.9 Å². The Labute approximate surface area is 207 Å². The highest BCUT2D eigenvalue weighted by molar-refractivity contribution is 7.92. The topological polar surface area (TPSA) is 69.7 Å². The molecule has 0 aliphatic rings. The van der Waals surface area contributed by atoms with E-state index in [0.717, 1.165) is 24.1 Å². The minimum absolute atomic E-state index is 0.0539. The minimum atomic E-state index is -3.96. The molecule has 180 valence electrons. The molecule has 6 nitrogen and oxygen atoms in total. The highest BCUT2D eigenvalue weighted by atomic mass is 35.5. The van der Waals surface area contributed by atoms with E-state index in [4.69, 9.17) is 11.6 Å². The van der Waals surface area contributed by atoms with Crippen molar-refractivity contribution in [3.8, 4) is 0 Å². The number of hydrogen-bond acceptors (Lipinski definition) is 4. The molecule has 0 aromatic heterocycles. The van der Waals surface area contributed by atoms with Crippen molar-refractivity contribution in [2.75, 3.05) is 31.5 Å². The van der Waals surface area contributed by atoms with Crippen molar-refractivity contribution in [2.45, 2.75) is 24.8 Å². The zero-order valence-electron chi connectivity index (χ0n) is 19.7. The molecular weight excluding hydrogens is 470 g/mol. The summed E-state index contributed by atoms with van der Waals surface area (Å²) in [6, 6.07) is 20.5. The lowest BCUT2D eigenvalue weighted by Crippen LogP contribution is -2.34. The monoisotopic (exact) mass is 499 g/mol. The molecule has 0 spiro atoms. The summed E-state index contributed by atoms with van der Waals surface area (Å²) in [5, 5.41) is 3.48. The first-order chi connectivity index (χ1) is 16.2. The summed E-state index contributed by atoms with van der Waals surface area (Å²) in [7, 11) is -0.0101. The molecule has 1 amide bonds. The molecule has 0 saturated carbocycles. The second kappa shape index (κ2) is 11.5. The van der Waals surface area contributed by atoms with Crippen LogP contribution in [-0.4, -0.2) is 46.4 Å². The zero-order chi connectivity index (χ0) is 24.7. The Morgan fingerprint density at radius 1 is 0.941 bits per heavy atom. The molecule has 3 rings (SSSR count). The van der Waals surface area contributed by atoms with Gasteiger partial charge in [0.2, 0.25) is 0 Å². The van der Waals surface area contributed by atoms with Gasteiger partial charge in [-0.15, -0.1) is 0 Å². The second-order valence-corrected chi connectivity index (χ2v) is 10.7. The van der Waals surface area contributed by atoms with Crippen molar-refractivity contribution >= 4 is 33.2 Å². The van der Waals surface area contributed by atoms with Gasteiger partial charge in [-0.3, -0.25) is 9.10 Å². The second-order valence-electron chi connectivity index (χ2n) is 8.38. The molecule has 0 atom stereocenters. The molecule has 0 bridgehead atoms. The first-order valence-corrected chi connectivity index (χ1v) is 12.9. The Balaban J connectivity index is 2.00. The molecule has 0 radical (unpaired) electrons. The van der Waals surface area contributed by atoms with Crippen LogP contribution in [0.5, 0.6) is 0 Å². The number of carbonyl (C=O) groups is 1. The van der Waals surface area contributed by atoms with Crippen LogP contribution < -0.4 is 9.62 Å². The maximum absolute atomic E-state index is 13.8. The van der Waals surface area contributed by atoms with Gasteiger partial charge in [0.15, 0.2) is 0 Å². The van der Waals surface area contributed by atoms with Crippen molar-refractivity contribution in [2.24, 2.45) is 0 Å². The normalized spacial score (nSPS) is 11.4. The lowest BCUT2D eigenvalue weighted by Gasteiger charge is -2.27. The average molecular weight is 500 g/mol. The van der Waals surface area contributed by atoms with E-state index in [1.165, 1.54) is 4.31 Å². The summed E-state index contributed by atoms with van der Waals surface area (Å²) in [5.41, 5.74) is 2.34. The van der Waals surface area contributed by atoms with Crippen LogP contribution in [-0.2, 0) is 16.6 Å². The number of carbonyl (C=O) groups excluding carboxylic acids is 1. The number of anilines is 1. The van der Waals surface area contributed by atoms with E-state index in [0.29, 0.717) is 22.8 Å². The van der Waals surface area contributed by atoms with Gasteiger partial charge in [0.25, 0.3) is 15.9 Å². The van der Waals surface area contributed by atoms with Crippen LogP contribution >= 0.6 is 11.6 Å². The van der Waals surface area contributed by atoms with Crippen LogP contribution in [0.1, 0.15) is 27.9 Å². The number of nitrogens with one attached hydrogen (secondary N) is 1. The Hall–Kier alpha value is -2.87. The van der Waals surface area contributed by atoms with E-state index in [2.05, 4.69) is 5.32 Å². The molecule has 0 heterocycles. The fourth-order valence-corrected chi connectivity index (χ4v) is 5.07. The van der Waals surface area contributed by atoms with Crippen LogP contribution in [0.4, 0.5) is 5.69 Å². The third kappa shape index (κ3) is 6.59. The SMILES string of the molecule is Cc1ccc(S(=O)(=O)N(Cc2ccc(Cl)cc2)c2ccccc2C(=O)NCCCN(C)C)cc1. The van der Waals surface area contributed by atoms with Gasteiger partial charge >= 0.3 is 0 Å². The molecule has 3 aromatic carbocycles. The number of benzene rings is 3. The number of halogens is 1. The Morgan fingerprint density at radius 3 is 2.24 bits per heavy atom. The number of hydrogen-bond donors (Lipinski definition) is 1. The molecule has 0 aliphatic carbocycles. The van der Waals surface area contributed by atoms with Gasteiger partial charge in [-0.1, -0.05) is 53.6 Å². The van der Waals surface area contributed by atoms with E-state index < -0.39 is 10.0 Å². The van der Waals surface area contributed by atoms with Crippen LogP contribution in [0.2, 0.25) is 5.02 Å². The maximum atomic E-state index is 13.8. The summed E-state index contributed by atoms with van der Waals surface area (Å²) >= 11 is 6.02. The minimum Gasteiger partial charge on any atom is -0.352 e. The number of sulfonamides is 1. The smallest absolute Gasteiger partial charge is 0.264 e. The van der Waals surface area contributed by atoms with Crippen molar-refractivity contribution in [1.82, 2.24) is 10.2 Å². The fourth-order valence-electron chi connectivity index (χ4n) is 3.47. The highest BCUT2D eigenvalue weighted by Gasteiger charge is 2.28. The van der Waals surface area contributed by atoms with E-state index in [9.17, 15) is 13.2 Å². The van der Waals surface area contributed by atoms with Crippen molar-refractivity contribution < 1.29 is 13.2 Å². The van der Waals surface area contributed by atoms with Crippen molar-refractivity contribution in [1.29, 1.82) is 0 Å². The van der Waals surface area contributed by atoms with Crippen LogP contribution in [0.15, 0.2) is 77.7 Å². The first kappa shape index (κ1) is 25.7. The molecule has 0 unspecified atom stereocenters. The average Bonchev–Trinajstić information content (AvgIpc) is 2.81. The maximum Gasteiger partial charge on any atom is 0.264 e. The molecule has 3 aromatic rings. The van der Waals surface area contributed by atoms with Gasteiger partial charge < -0.3 is 10.2 Å². The summed E-state index contributed by atoms with van der Waals surface area (Å²) < 4.78 is 28.9. The third-order valence-electron chi connectivity index (χ3n) is 5.33. The quantitative estimate of drug-likeness (QED) is 0.409. The predicted octanol–water partition coefficient (Wildman–Crippen LogP) is 4.73. The molecule has 0 saturated heterocycles. The predicted molar refractivity (Wildman–Crippen MR) is 138 cm³/mol. The van der Waals surface area contributed by atoms with Crippen molar-refractivity contribution in [3.05, 3.63) is 94.5 Å². The zero-order valence-corrected chi connectivity index (χ0v) is 21.2. The molecule has 1 N–H and O–H groups in total. The van der Waals surface area contributed by atoms with Crippen LogP contribution in [0.3, 0.4) is 0 Å². The number of nitrogens with zero attached hydrogens (tertiary/aromatic N) is 2. The molecule has 0 fully saturated rings. The number of para-hydroxylation sites is 1. The number of rotatable bonds is 10. The fraction of sp³-hybridized carbons (Fsp3) is 0.269. The molecule has 8 heteroatoms. The number of aryl methyl sites for hydroxylation is 1. The van der Waals surface area contributed by atoms with E-state index in [1.54, 1.807) is 72.8 Å². The largest absolute Gasteiger partial charge is 0.352 e. The van der Waals surface area contributed by atoms with Gasteiger partial charge in [-0.2, -0.15) is 0 Å². The third-order valence-corrected chi connectivity index (χ3v) is 7.36. The summed E-state index contributed by atoms with van der Waals surface area (Å²) in [6.45, 7) is 3.29. The van der Waals surface area contributed by atoms with Crippen LogP contribution in [0.25, 0.3) is 0 Å². The first-order valence-electron chi connectivity index (χ1n) is 11.0. The van der Waals surface area contributed by atoms with Gasteiger partial charge in [0.1, 0.15) is 0 Å². The summed E-state index contributed by atoms with van der Waals surface area (Å²) in [4.78, 5) is 15.3. The standard InChI is InChI=1S/C26H30ClN3O3S/c1-20-9-15-23(16-10-20)34(32,33)30(19-21-11-13-22(27)14-12-21)25-8-5-4-7-24(25)26(31)28-17-6-18-29(2)3/h4-5,7-16H,6,17-19H2,1-3H3,(H,28,31). The van der Waals surface area contributed by atoms with Crippen LogP contribution in [0, 0.1) is 6.92 Å². The van der Waals surface area contributed by atoms with Gasteiger partial charge in [-0.25, -0.2) is 8.42 Å². The summed E-state index contributed by atoms with van der Waals surface area (Å²) in [6.07, 6.45) is 0.789. The molecule has 0 aliphatic heterocycles. The highest BCUT2D eigenvalue weighted by Crippen LogP contribution is 2.29.